The number of hydrogen-bond acceptors (Lipinski definition) is 5. The van der Waals surface area contributed by atoms with Crippen molar-refractivity contribution in [3.63, 3.8) is 0 Å². The Hall–Kier alpha value is -2.80. The summed E-state index contributed by atoms with van der Waals surface area (Å²) in [7, 11) is 3.54. The molecule has 0 fully saturated rings. The van der Waals surface area contributed by atoms with Gasteiger partial charge in [0.15, 0.2) is 5.82 Å². The molecule has 0 saturated carbocycles. The van der Waals surface area contributed by atoms with Gasteiger partial charge in [0.25, 0.3) is 0 Å². The summed E-state index contributed by atoms with van der Waals surface area (Å²) in [4.78, 5) is 4.61. The molecule has 2 N–H and O–H groups in total. The van der Waals surface area contributed by atoms with Crippen LogP contribution in [-0.4, -0.2) is 32.1 Å². The Labute approximate surface area is 149 Å². The van der Waals surface area contributed by atoms with Crippen LogP contribution < -0.4 is 5.32 Å². The van der Waals surface area contributed by atoms with Crippen LogP contribution in [0.4, 0.5) is 11.6 Å². The zero-order valence-corrected chi connectivity index (χ0v) is 14.6. The molecule has 25 heavy (non-hydrogen) atoms. The molecule has 7 nitrogen and oxygen atoms in total. The highest BCUT2D eigenvalue weighted by Crippen LogP contribution is 2.32. The molecule has 0 spiro atoms. The molecule has 2 aromatic heterocycles. The first-order chi connectivity index (χ1) is 12.2. The van der Waals surface area contributed by atoms with E-state index in [0.29, 0.717) is 16.8 Å². The van der Waals surface area contributed by atoms with Gasteiger partial charge in [-0.1, -0.05) is 17.7 Å². The number of nitrogens with zero attached hydrogens (tertiary/aromatic N) is 4. The van der Waals surface area contributed by atoms with Gasteiger partial charge in [-0.15, -0.1) is 5.10 Å². The van der Waals surface area contributed by atoms with Crippen molar-refractivity contribution in [3.8, 4) is 0 Å². The lowest BCUT2D eigenvalue weighted by Crippen LogP contribution is -2.00. The highest BCUT2D eigenvalue weighted by molar-refractivity contribution is 6.38. The van der Waals surface area contributed by atoms with E-state index < -0.39 is 0 Å². The minimum Gasteiger partial charge on any atom is -0.501 e. The third-order valence-electron chi connectivity index (χ3n) is 4.23. The predicted molar refractivity (Wildman–Crippen MR) is 97.7 cm³/mol. The van der Waals surface area contributed by atoms with Crippen molar-refractivity contribution >= 4 is 39.7 Å². The third-order valence-corrected chi connectivity index (χ3v) is 4.64. The van der Waals surface area contributed by atoms with Gasteiger partial charge in [0.2, 0.25) is 5.95 Å². The van der Waals surface area contributed by atoms with Gasteiger partial charge < -0.3 is 10.1 Å². The summed E-state index contributed by atoms with van der Waals surface area (Å²) >= 11 is 6.46. The topological polar surface area (TPSA) is 80.6 Å². The van der Waals surface area contributed by atoms with Gasteiger partial charge in [0.1, 0.15) is 0 Å². The van der Waals surface area contributed by atoms with Crippen LogP contribution in [0.3, 0.4) is 0 Å². The van der Waals surface area contributed by atoms with E-state index in [1.807, 2.05) is 31.3 Å². The Balaban J connectivity index is 1.63. The van der Waals surface area contributed by atoms with Crippen LogP contribution in [0.5, 0.6) is 0 Å². The van der Waals surface area contributed by atoms with E-state index in [-0.39, 0.29) is 0 Å². The van der Waals surface area contributed by atoms with Crippen molar-refractivity contribution in [1.29, 1.82) is 0 Å². The van der Waals surface area contributed by atoms with E-state index in [0.717, 1.165) is 40.8 Å². The maximum Gasteiger partial charge on any atom is 0.225 e. The molecule has 1 aliphatic rings. The summed E-state index contributed by atoms with van der Waals surface area (Å²) in [5.41, 5.74) is 2.74. The second kappa shape index (κ2) is 6.25. The number of allylic oxidation sites excluding steroid dienone is 4. The van der Waals surface area contributed by atoms with Crippen LogP contribution in [0.2, 0.25) is 5.02 Å². The number of aromatic amines is 1. The molecule has 0 amide bonds. The number of nitrogens with one attached hydrogen (secondary N) is 2. The van der Waals surface area contributed by atoms with Crippen molar-refractivity contribution in [3.05, 3.63) is 47.1 Å². The van der Waals surface area contributed by atoms with E-state index >= 15 is 0 Å². The van der Waals surface area contributed by atoms with Gasteiger partial charge in [0, 0.05) is 18.9 Å². The molecule has 0 radical (unpaired) electrons. The molecule has 4 rings (SSSR count). The number of ether oxygens (including phenoxy) is 1. The molecule has 0 aliphatic heterocycles. The zero-order chi connectivity index (χ0) is 17.4. The highest BCUT2D eigenvalue weighted by Gasteiger charge is 2.16. The number of aromatic nitrogens is 5. The molecule has 0 saturated heterocycles. The average molecular weight is 357 g/mol. The van der Waals surface area contributed by atoms with Gasteiger partial charge >= 0.3 is 0 Å². The Morgan fingerprint density at radius 3 is 2.92 bits per heavy atom. The lowest BCUT2D eigenvalue weighted by molar-refractivity contribution is 0.277. The van der Waals surface area contributed by atoms with Crippen LogP contribution in [0.25, 0.3) is 16.5 Å². The second-order valence-electron chi connectivity index (χ2n) is 5.79. The van der Waals surface area contributed by atoms with Crippen LogP contribution >= 0.6 is 11.6 Å². The van der Waals surface area contributed by atoms with Crippen LogP contribution in [0.15, 0.2) is 36.2 Å². The maximum absolute atomic E-state index is 6.46. The Morgan fingerprint density at radius 1 is 1.28 bits per heavy atom. The molecule has 1 aromatic carbocycles. The van der Waals surface area contributed by atoms with E-state index in [1.165, 1.54) is 0 Å². The minimum atomic E-state index is 0.598. The second-order valence-corrected chi connectivity index (χ2v) is 6.17. The van der Waals surface area contributed by atoms with Gasteiger partial charge in [0.05, 0.1) is 35.3 Å². The SMILES string of the molecule is COC1=CC=C(c2nc(Nc3ccc4[nH]ncc4c3Cl)n(C)n2)CC1. The molecule has 128 valence electrons. The van der Waals surface area contributed by atoms with Crippen LogP contribution in [-0.2, 0) is 11.8 Å². The Kier molecular flexibility index (Phi) is 3.93. The standard InChI is InChI=1S/C17H17ClN6O/c1-24-17(20-14-8-7-13-12(15(14)18)9-19-22-13)21-16(23-24)10-3-5-11(25-2)6-4-10/h3,5,7-9H,4,6H2,1-2H3,(H,19,22)(H,20,21,23). The minimum absolute atomic E-state index is 0.598. The molecule has 2 heterocycles. The normalized spacial score (nSPS) is 14.4. The lowest BCUT2D eigenvalue weighted by Gasteiger charge is -2.11. The van der Waals surface area contributed by atoms with Gasteiger partial charge in [-0.2, -0.15) is 10.1 Å². The van der Waals surface area contributed by atoms with Crippen LogP contribution in [0, 0.1) is 0 Å². The quantitative estimate of drug-likeness (QED) is 0.743. The number of H-pyrrole nitrogens is 1. The fourth-order valence-corrected chi connectivity index (χ4v) is 3.06. The van der Waals surface area contributed by atoms with Gasteiger partial charge in [-0.3, -0.25) is 5.10 Å². The Bertz CT molecular complexity index is 1000. The fourth-order valence-electron chi connectivity index (χ4n) is 2.80. The molecule has 1 aliphatic carbocycles. The molecular formula is C17H17ClN6O. The largest absolute Gasteiger partial charge is 0.501 e. The number of hydrogen-bond donors (Lipinski definition) is 2. The first-order valence-corrected chi connectivity index (χ1v) is 8.27. The van der Waals surface area contributed by atoms with Crippen LogP contribution in [0.1, 0.15) is 18.7 Å². The molecule has 8 heteroatoms. The maximum atomic E-state index is 6.46. The van der Waals surface area contributed by atoms with Gasteiger partial charge in [-0.25, -0.2) is 4.68 Å². The fraction of sp³-hybridized carbons (Fsp3) is 0.235. The highest BCUT2D eigenvalue weighted by atomic mass is 35.5. The smallest absolute Gasteiger partial charge is 0.225 e. The third kappa shape index (κ3) is 2.87. The lowest BCUT2D eigenvalue weighted by atomic mass is 10.0. The van der Waals surface area contributed by atoms with Crippen molar-refractivity contribution in [2.45, 2.75) is 12.8 Å². The van der Waals surface area contributed by atoms with Crippen molar-refractivity contribution in [2.24, 2.45) is 7.05 Å². The van der Waals surface area contributed by atoms with Crippen molar-refractivity contribution in [2.75, 3.05) is 12.4 Å². The summed E-state index contributed by atoms with van der Waals surface area (Å²) in [5, 5.41) is 16.1. The summed E-state index contributed by atoms with van der Waals surface area (Å²) < 4.78 is 6.97. The first-order valence-electron chi connectivity index (χ1n) is 7.89. The van der Waals surface area contributed by atoms with Gasteiger partial charge in [-0.05, 0) is 30.2 Å². The summed E-state index contributed by atoms with van der Waals surface area (Å²) in [5.74, 6) is 2.30. The van der Waals surface area contributed by atoms with E-state index in [4.69, 9.17) is 16.3 Å². The number of fused-ring (bicyclic) bond motifs is 1. The molecule has 0 atom stereocenters. The zero-order valence-electron chi connectivity index (χ0n) is 13.9. The predicted octanol–water partition coefficient (Wildman–Crippen LogP) is 3.80. The molecule has 3 aromatic rings. The summed E-state index contributed by atoms with van der Waals surface area (Å²) in [6.45, 7) is 0. The van der Waals surface area contributed by atoms with E-state index in [9.17, 15) is 0 Å². The molecular weight excluding hydrogens is 340 g/mol. The first kappa shape index (κ1) is 15.7. The summed E-state index contributed by atoms with van der Waals surface area (Å²) in [6, 6.07) is 3.82. The molecule has 0 unspecified atom stereocenters. The monoisotopic (exact) mass is 356 g/mol. The number of methoxy groups -OCH3 is 1. The average Bonchev–Trinajstić information content (AvgIpc) is 3.25. The molecule has 0 bridgehead atoms. The van der Waals surface area contributed by atoms with E-state index in [2.05, 4.69) is 25.6 Å². The number of anilines is 2. The van der Waals surface area contributed by atoms with Crippen molar-refractivity contribution in [1.82, 2.24) is 25.0 Å². The number of halogens is 1. The number of aryl methyl sites for hydroxylation is 1. The summed E-state index contributed by atoms with van der Waals surface area (Å²) in [6.07, 6.45) is 7.38. The van der Waals surface area contributed by atoms with Crippen molar-refractivity contribution < 1.29 is 4.74 Å². The Morgan fingerprint density at radius 2 is 2.16 bits per heavy atom. The number of rotatable bonds is 4. The van der Waals surface area contributed by atoms with E-state index in [1.54, 1.807) is 18.0 Å². The number of benzene rings is 1.